The van der Waals surface area contributed by atoms with Crippen LogP contribution in [0.15, 0.2) is 53.2 Å². The first-order valence-electron chi connectivity index (χ1n) is 8.96. The molecule has 1 aliphatic carbocycles. The Hall–Kier alpha value is -3.15. The van der Waals surface area contributed by atoms with Gasteiger partial charge in [-0.15, -0.1) is 0 Å². The van der Waals surface area contributed by atoms with E-state index in [1.54, 1.807) is 12.1 Å². The molecule has 2 heterocycles. The molecule has 27 heavy (non-hydrogen) atoms. The molecule has 4 rings (SSSR count). The van der Waals surface area contributed by atoms with Gasteiger partial charge in [0.05, 0.1) is 11.1 Å². The quantitative estimate of drug-likeness (QED) is 0.718. The van der Waals surface area contributed by atoms with Gasteiger partial charge in [-0.2, -0.15) is 0 Å². The molecule has 0 atom stereocenters. The summed E-state index contributed by atoms with van der Waals surface area (Å²) in [7, 11) is 0. The molecule has 1 amide bonds. The lowest BCUT2D eigenvalue weighted by molar-refractivity contribution is 0.0935. The molecule has 0 aliphatic heterocycles. The van der Waals surface area contributed by atoms with Crippen molar-refractivity contribution in [2.75, 3.05) is 0 Å². The molecule has 6 nitrogen and oxygen atoms in total. The predicted molar refractivity (Wildman–Crippen MR) is 100 cm³/mol. The lowest BCUT2D eigenvalue weighted by atomic mass is 10.1. The number of pyridine rings is 1. The van der Waals surface area contributed by atoms with Crippen molar-refractivity contribution in [3.8, 4) is 17.1 Å². The average Bonchev–Trinajstić information content (AvgIpc) is 3.29. The summed E-state index contributed by atoms with van der Waals surface area (Å²) in [5.74, 6) is 1.06. The van der Waals surface area contributed by atoms with Gasteiger partial charge in [0, 0.05) is 23.4 Å². The largest absolute Gasteiger partial charge is 0.473 e. The number of benzene rings is 1. The fraction of sp³-hybridized carbons (Fsp3) is 0.286. The molecule has 2 aromatic heterocycles. The first-order chi connectivity index (χ1) is 13.0. The molecule has 3 aromatic rings. The highest BCUT2D eigenvalue weighted by molar-refractivity contribution is 5.94. The third-order valence-corrected chi connectivity index (χ3v) is 4.81. The molecule has 0 bridgehead atoms. The number of hydrogen-bond donors (Lipinski definition) is 1. The molecule has 138 valence electrons. The second-order valence-electron chi connectivity index (χ2n) is 7.12. The van der Waals surface area contributed by atoms with Crippen molar-refractivity contribution in [2.45, 2.75) is 38.8 Å². The minimum absolute atomic E-state index is 0.0497. The SMILES string of the molecule is Cc1onc(-c2ccccc2)c1COc1ccc(C(=O)NC2(C)CC2)cn1. The van der Waals surface area contributed by atoms with Crippen molar-refractivity contribution in [2.24, 2.45) is 0 Å². The van der Waals surface area contributed by atoms with Crippen LogP contribution in [0.25, 0.3) is 11.3 Å². The van der Waals surface area contributed by atoms with Crippen LogP contribution in [0.5, 0.6) is 5.88 Å². The number of carbonyl (C=O) groups is 1. The van der Waals surface area contributed by atoms with Gasteiger partial charge in [-0.1, -0.05) is 35.5 Å². The van der Waals surface area contributed by atoms with Crippen molar-refractivity contribution in [3.63, 3.8) is 0 Å². The van der Waals surface area contributed by atoms with Crippen LogP contribution < -0.4 is 10.1 Å². The van der Waals surface area contributed by atoms with Gasteiger partial charge in [-0.25, -0.2) is 4.98 Å². The Morgan fingerprint density at radius 3 is 2.67 bits per heavy atom. The summed E-state index contributed by atoms with van der Waals surface area (Å²) in [4.78, 5) is 16.4. The smallest absolute Gasteiger partial charge is 0.253 e. The monoisotopic (exact) mass is 363 g/mol. The highest BCUT2D eigenvalue weighted by Crippen LogP contribution is 2.34. The maximum Gasteiger partial charge on any atom is 0.253 e. The normalized spacial score (nSPS) is 14.6. The Balaban J connectivity index is 1.44. The molecule has 6 heteroatoms. The van der Waals surface area contributed by atoms with Gasteiger partial charge in [0.2, 0.25) is 5.88 Å². The molecule has 0 unspecified atom stereocenters. The summed E-state index contributed by atoms with van der Waals surface area (Å²) in [6.07, 6.45) is 3.58. The maximum absolute atomic E-state index is 12.2. The Labute approximate surface area is 157 Å². The Bertz CT molecular complexity index is 945. The number of carbonyl (C=O) groups excluding carboxylic acids is 1. The molecule has 1 aromatic carbocycles. The molecular formula is C21H21N3O3. The van der Waals surface area contributed by atoms with Gasteiger partial charge < -0.3 is 14.6 Å². The molecular weight excluding hydrogens is 342 g/mol. The second kappa shape index (κ2) is 6.87. The van der Waals surface area contributed by atoms with Gasteiger partial charge >= 0.3 is 0 Å². The number of amides is 1. The molecule has 1 fully saturated rings. The van der Waals surface area contributed by atoms with E-state index >= 15 is 0 Å². The summed E-state index contributed by atoms with van der Waals surface area (Å²) in [6.45, 7) is 4.19. The number of hydrogen-bond acceptors (Lipinski definition) is 5. The Kier molecular flexibility index (Phi) is 4.39. The lowest BCUT2D eigenvalue weighted by Gasteiger charge is -2.11. The van der Waals surface area contributed by atoms with E-state index in [0.717, 1.165) is 29.7 Å². The minimum atomic E-state index is -0.102. The standard InChI is InChI=1S/C21H21N3O3/c1-14-17(19(24-27-14)15-6-4-3-5-7-15)13-26-18-9-8-16(12-22-18)20(25)23-21(2)10-11-21/h3-9,12H,10-11,13H2,1-2H3,(H,23,25). The fourth-order valence-corrected chi connectivity index (χ4v) is 2.79. The predicted octanol–water partition coefficient (Wildman–Crippen LogP) is 3.91. The number of aryl methyl sites for hydroxylation is 1. The van der Waals surface area contributed by atoms with Gasteiger partial charge in [0.25, 0.3) is 5.91 Å². The van der Waals surface area contributed by atoms with Crippen LogP contribution in [0.4, 0.5) is 0 Å². The first kappa shape index (κ1) is 17.3. The van der Waals surface area contributed by atoms with E-state index in [4.69, 9.17) is 9.26 Å². The molecule has 1 aliphatic rings. The number of rotatable bonds is 6. The number of nitrogens with one attached hydrogen (secondary N) is 1. The van der Waals surface area contributed by atoms with E-state index in [-0.39, 0.29) is 18.1 Å². The van der Waals surface area contributed by atoms with Crippen LogP contribution in [0.2, 0.25) is 0 Å². The van der Waals surface area contributed by atoms with Gasteiger partial charge in [0.15, 0.2) is 0 Å². The van der Waals surface area contributed by atoms with Crippen molar-refractivity contribution in [3.05, 3.63) is 65.5 Å². The number of ether oxygens (including phenoxy) is 1. The van der Waals surface area contributed by atoms with Crippen LogP contribution in [0, 0.1) is 6.92 Å². The zero-order valence-electron chi connectivity index (χ0n) is 15.4. The highest BCUT2D eigenvalue weighted by Gasteiger charge is 2.38. The van der Waals surface area contributed by atoms with Crippen molar-refractivity contribution in [1.29, 1.82) is 0 Å². The highest BCUT2D eigenvalue weighted by atomic mass is 16.5. The van der Waals surface area contributed by atoms with Crippen LogP contribution in [0.1, 0.15) is 41.4 Å². The molecule has 0 radical (unpaired) electrons. The zero-order valence-corrected chi connectivity index (χ0v) is 15.4. The van der Waals surface area contributed by atoms with Crippen molar-refractivity contribution in [1.82, 2.24) is 15.5 Å². The van der Waals surface area contributed by atoms with Crippen molar-refractivity contribution >= 4 is 5.91 Å². The van der Waals surface area contributed by atoms with E-state index in [0.29, 0.717) is 17.2 Å². The van der Waals surface area contributed by atoms with Crippen LogP contribution in [-0.4, -0.2) is 21.6 Å². The van der Waals surface area contributed by atoms with E-state index < -0.39 is 0 Å². The fourth-order valence-electron chi connectivity index (χ4n) is 2.79. The third-order valence-electron chi connectivity index (χ3n) is 4.81. The van der Waals surface area contributed by atoms with Crippen LogP contribution in [0.3, 0.4) is 0 Å². The van der Waals surface area contributed by atoms with E-state index in [1.807, 2.05) is 44.2 Å². The second-order valence-corrected chi connectivity index (χ2v) is 7.12. The van der Waals surface area contributed by atoms with Crippen LogP contribution >= 0.6 is 0 Å². The lowest BCUT2D eigenvalue weighted by Crippen LogP contribution is -2.34. The van der Waals surface area contributed by atoms with E-state index in [1.165, 1.54) is 6.20 Å². The minimum Gasteiger partial charge on any atom is -0.473 e. The van der Waals surface area contributed by atoms with E-state index in [9.17, 15) is 4.79 Å². The summed E-state index contributed by atoms with van der Waals surface area (Å²) in [5.41, 5.74) is 3.10. The Morgan fingerprint density at radius 2 is 2.00 bits per heavy atom. The summed E-state index contributed by atoms with van der Waals surface area (Å²) in [6, 6.07) is 13.3. The summed E-state index contributed by atoms with van der Waals surface area (Å²) >= 11 is 0. The molecule has 0 spiro atoms. The van der Waals surface area contributed by atoms with Gasteiger partial charge in [-0.05, 0) is 32.8 Å². The molecule has 0 saturated heterocycles. The van der Waals surface area contributed by atoms with Crippen molar-refractivity contribution < 1.29 is 14.1 Å². The summed E-state index contributed by atoms with van der Waals surface area (Å²) in [5, 5.41) is 7.16. The summed E-state index contributed by atoms with van der Waals surface area (Å²) < 4.78 is 11.1. The molecule has 1 N–H and O–H groups in total. The van der Waals surface area contributed by atoms with Gasteiger partial charge in [-0.3, -0.25) is 4.79 Å². The third kappa shape index (κ3) is 3.84. The number of nitrogens with zero attached hydrogens (tertiary/aromatic N) is 2. The average molecular weight is 363 g/mol. The first-order valence-corrected chi connectivity index (χ1v) is 8.96. The maximum atomic E-state index is 12.2. The Morgan fingerprint density at radius 1 is 1.22 bits per heavy atom. The number of aromatic nitrogens is 2. The van der Waals surface area contributed by atoms with Gasteiger partial charge in [0.1, 0.15) is 18.1 Å². The topological polar surface area (TPSA) is 77.2 Å². The van der Waals surface area contributed by atoms with E-state index in [2.05, 4.69) is 15.5 Å². The zero-order chi connectivity index (χ0) is 18.9. The van der Waals surface area contributed by atoms with Crippen LogP contribution in [-0.2, 0) is 6.61 Å². The molecule has 1 saturated carbocycles.